The zero-order valence-corrected chi connectivity index (χ0v) is 15.6. The number of nitrogens with zero attached hydrogens (tertiary/aromatic N) is 4. The molecule has 0 aliphatic carbocycles. The van der Waals surface area contributed by atoms with Gasteiger partial charge in [0.2, 0.25) is 5.95 Å². The summed E-state index contributed by atoms with van der Waals surface area (Å²) in [5.74, 6) is 1.97. The van der Waals surface area contributed by atoms with Crippen LogP contribution in [-0.2, 0) is 6.54 Å². The molecule has 0 amide bonds. The minimum absolute atomic E-state index is 0.369. The summed E-state index contributed by atoms with van der Waals surface area (Å²) in [5, 5.41) is 8.29. The quantitative estimate of drug-likeness (QED) is 0.533. The van der Waals surface area contributed by atoms with Gasteiger partial charge in [-0.15, -0.1) is 0 Å². The van der Waals surface area contributed by atoms with Crippen LogP contribution in [0.3, 0.4) is 0 Å². The highest BCUT2D eigenvalue weighted by Gasteiger charge is 2.12. The number of benzene rings is 2. The van der Waals surface area contributed by atoms with E-state index in [1.807, 2.05) is 41.2 Å². The van der Waals surface area contributed by atoms with Gasteiger partial charge in [-0.25, -0.2) is 9.67 Å². The van der Waals surface area contributed by atoms with Crippen molar-refractivity contribution in [3.8, 4) is 17.2 Å². The molecule has 28 heavy (non-hydrogen) atoms. The van der Waals surface area contributed by atoms with E-state index in [0.717, 1.165) is 11.3 Å². The Morgan fingerprint density at radius 1 is 1.04 bits per heavy atom. The fraction of sp³-hybridized carbons (Fsp3) is 0.150. The molecule has 0 unspecified atom stereocenters. The number of aromatic nitrogens is 4. The third kappa shape index (κ3) is 3.39. The van der Waals surface area contributed by atoms with E-state index in [1.54, 1.807) is 32.5 Å². The molecule has 0 saturated carbocycles. The van der Waals surface area contributed by atoms with Gasteiger partial charge in [-0.1, -0.05) is 18.2 Å². The van der Waals surface area contributed by atoms with Crippen LogP contribution in [0.1, 0.15) is 5.56 Å². The molecule has 142 valence electrons. The topological polar surface area (TPSA) is 100 Å². The Morgan fingerprint density at radius 2 is 1.79 bits per heavy atom. The Morgan fingerprint density at radius 3 is 2.54 bits per heavy atom. The number of nitrogen functional groups attached to an aromatic ring is 1. The smallest absolute Gasteiger partial charge is 0.225 e. The molecule has 0 saturated heterocycles. The van der Waals surface area contributed by atoms with Crippen LogP contribution in [0.25, 0.3) is 16.6 Å². The Kier molecular flexibility index (Phi) is 4.67. The summed E-state index contributed by atoms with van der Waals surface area (Å²) in [4.78, 5) is 8.88. The molecule has 8 heteroatoms. The van der Waals surface area contributed by atoms with Gasteiger partial charge in [-0.05, 0) is 18.2 Å². The SMILES string of the molecule is COc1cc2nc(NCc3cnn(-c4ccccc4)c3)nc(N)c2cc1OC. The molecule has 8 nitrogen and oxygen atoms in total. The summed E-state index contributed by atoms with van der Waals surface area (Å²) in [5.41, 5.74) is 8.79. The van der Waals surface area contributed by atoms with Crippen molar-refractivity contribution in [1.82, 2.24) is 19.7 Å². The standard InChI is InChI=1S/C20H20N6O2/c1-27-17-8-15-16(9-18(17)28-2)24-20(25-19(15)21)22-10-13-11-23-26(12-13)14-6-4-3-5-7-14/h3-9,11-12H,10H2,1-2H3,(H3,21,22,24,25). The molecular formula is C20H20N6O2. The maximum Gasteiger partial charge on any atom is 0.225 e. The first-order valence-electron chi connectivity index (χ1n) is 8.70. The van der Waals surface area contributed by atoms with E-state index in [4.69, 9.17) is 15.2 Å². The van der Waals surface area contributed by atoms with Gasteiger partial charge >= 0.3 is 0 Å². The molecule has 2 aromatic carbocycles. The first kappa shape index (κ1) is 17.6. The summed E-state index contributed by atoms with van der Waals surface area (Å²) < 4.78 is 12.5. The van der Waals surface area contributed by atoms with Gasteiger partial charge in [-0.2, -0.15) is 10.1 Å². The fourth-order valence-corrected chi connectivity index (χ4v) is 2.91. The van der Waals surface area contributed by atoms with Crippen LogP contribution in [0, 0.1) is 0 Å². The van der Waals surface area contributed by atoms with Crippen molar-refractivity contribution in [3.63, 3.8) is 0 Å². The fourth-order valence-electron chi connectivity index (χ4n) is 2.91. The van der Waals surface area contributed by atoms with E-state index in [2.05, 4.69) is 20.4 Å². The summed E-state index contributed by atoms with van der Waals surface area (Å²) in [6.07, 6.45) is 3.76. The summed E-state index contributed by atoms with van der Waals surface area (Å²) in [7, 11) is 3.16. The lowest BCUT2D eigenvalue weighted by molar-refractivity contribution is 0.356. The molecule has 3 N–H and O–H groups in total. The van der Waals surface area contributed by atoms with Crippen molar-refractivity contribution in [1.29, 1.82) is 0 Å². The average Bonchev–Trinajstić information content (AvgIpc) is 3.21. The van der Waals surface area contributed by atoms with Crippen LogP contribution < -0.4 is 20.5 Å². The summed E-state index contributed by atoms with van der Waals surface area (Å²) >= 11 is 0. The van der Waals surface area contributed by atoms with Crippen LogP contribution in [0.4, 0.5) is 11.8 Å². The normalized spacial score (nSPS) is 10.8. The highest BCUT2D eigenvalue weighted by molar-refractivity contribution is 5.91. The van der Waals surface area contributed by atoms with E-state index < -0.39 is 0 Å². The highest BCUT2D eigenvalue weighted by atomic mass is 16.5. The second kappa shape index (κ2) is 7.43. The van der Waals surface area contributed by atoms with Crippen LogP contribution in [0.5, 0.6) is 11.5 Å². The largest absolute Gasteiger partial charge is 0.493 e. The minimum atomic E-state index is 0.369. The molecule has 2 aromatic heterocycles. The highest BCUT2D eigenvalue weighted by Crippen LogP contribution is 2.33. The van der Waals surface area contributed by atoms with Crippen molar-refractivity contribution >= 4 is 22.7 Å². The Bertz CT molecular complexity index is 1110. The lowest BCUT2D eigenvalue weighted by Crippen LogP contribution is -2.06. The van der Waals surface area contributed by atoms with Gasteiger partial charge in [0, 0.05) is 29.8 Å². The number of hydrogen-bond donors (Lipinski definition) is 2. The second-order valence-corrected chi connectivity index (χ2v) is 6.14. The van der Waals surface area contributed by atoms with E-state index in [9.17, 15) is 0 Å². The van der Waals surface area contributed by atoms with Crippen molar-refractivity contribution in [2.75, 3.05) is 25.3 Å². The molecule has 0 spiro atoms. The van der Waals surface area contributed by atoms with Crippen molar-refractivity contribution < 1.29 is 9.47 Å². The lowest BCUT2D eigenvalue weighted by atomic mass is 10.2. The van der Waals surface area contributed by atoms with E-state index in [-0.39, 0.29) is 0 Å². The van der Waals surface area contributed by atoms with E-state index in [1.165, 1.54) is 0 Å². The molecule has 0 fully saturated rings. The van der Waals surface area contributed by atoms with Gasteiger partial charge in [0.1, 0.15) is 5.82 Å². The molecule has 4 aromatic rings. The number of hydrogen-bond acceptors (Lipinski definition) is 7. The van der Waals surface area contributed by atoms with Crippen LogP contribution in [0.2, 0.25) is 0 Å². The predicted octanol–water partition coefficient (Wildman–Crippen LogP) is 3.03. The molecule has 4 rings (SSSR count). The first-order chi connectivity index (χ1) is 13.7. The van der Waals surface area contributed by atoms with Gasteiger partial charge in [-0.3, -0.25) is 0 Å². The number of anilines is 2. The third-order valence-electron chi connectivity index (χ3n) is 4.34. The average molecular weight is 376 g/mol. The van der Waals surface area contributed by atoms with E-state index in [0.29, 0.717) is 40.7 Å². The molecule has 2 heterocycles. The molecule has 0 bridgehead atoms. The Balaban J connectivity index is 1.56. The number of nitrogens with one attached hydrogen (secondary N) is 1. The number of ether oxygens (including phenoxy) is 2. The van der Waals surface area contributed by atoms with Crippen molar-refractivity contribution in [2.24, 2.45) is 0 Å². The van der Waals surface area contributed by atoms with Gasteiger partial charge in [0.25, 0.3) is 0 Å². The zero-order valence-electron chi connectivity index (χ0n) is 15.6. The summed E-state index contributed by atoms with van der Waals surface area (Å²) in [6.45, 7) is 0.519. The Labute approximate surface area is 161 Å². The van der Waals surface area contributed by atoms with Gasteiger partial charge in [0.15, 0.2) is 11.5 Å². The molecule has 0 radical (unpaired) electrons. The molecule has 0 atom stereocenters. The van der Waals surface area contributed by atoms with Crippen LogP contribution in [-0.4, -0.2) is 34.0 Å². The lowest BCUT2D eigenvalue weighted by Gasteiger charge is -2.11. The Hall–Kier alpha value is -3.81. The van der Waals surface area contributed by atoms with Crippen molar-refractivity contribution in [3.05, 3.63) is 60.4 Å². The zero-order chi connectivity index (χ0) is 19.5. The second-order valence-electron chi connectivity index (χ2n) is 6.14. The maximum atomic E-state index is 6.12. The van der Waals surface area contributed by atoms with Crippen LogP contribution >= 0.6 is 0 Å². The summed E-state index contributed by atoms with van der Waals surface area (Å²) in [6, 6.07) is 13.5. The molecule has 0 aliphatic heterocycles. The first-order valence-corrected chi connectivity index (χ1v) is 8.70. The van der Waals surface area contributed by atoms with Crippen molar-refractivity contribution in [2.45, 2.75) is 6.54 Å². The minimum Gasteiger partial charge on any atom is -0.493 e. The molecular weight excluding hydrogens is 356 g/mol. The van der Waals surface area contributed by atoms with Gasteiger partial charge in [0.05, 0.1) is 31.6 Å². The number of methoxy groups -OCH3 is 2. The number of nitrogens with two attached hydrogens (primary N) is 1. The monoisotopic (exact) mass is 376 g/mol. The van der Waals surface area contributed by atoms with E-state index >= 15 is 0 Å². The van der Waals surface area contributed by atoms with Crippen LogP contribution in [0.15, 0.2) is 54.9 Å². The maximum absolute atomic E-state index is 6.12. The number of rotatable bonds is 6. The number of fused-ring (bicyclic) bond motifs is 1. The number of para-hydroxylation sites is 1. The van der Waals surface area contributed by atoms with Gasteiger partial charge < -0.3 is 20.5 Å². The predicted molar refractivity (Wildman–Crippen MR) is 108 cm³/mol. The third-order valence-corrected chi connectivity index (χ3v) is 4.34. The molecule has 0 aliphatic rings.